The van der Waals surface area contributed by atoms with E-state index in [0.717, 1.165) is 0 Å². The van der Waals surface area contributed by atoms with Gasteiger partial charge in [0.2, 0.25) is 11.8 Å². The van der Waals surface area contributed by atoms with Gasteiger partial charge < -0.3 is 26.2 Å². The molecular formula is C13H23N3O6. The summed E-state index contributed by atoms with van der Waals surface area (Å²) in [6.07, 6.45) is -1.05. The first kappa shape index (κ1) is 19.7. The van der Waals surface area contributed by atoms with E-state index in [1.807, 2.05) is 0 Å². The second kappa shape index (κ2) is 8.20. The van der Waals surface area contributed by atoms with Gasteiger partial charge >= 0.3 is 12.1 Å². The van der Waals surface area contributed by atoms with E-state index in [-0.39, 0.29) is 12.8 Å². The Kier molecular flexibility index (Phi) is 7.34. The fourth-order valence-corrected chi connectivity index (χ4v) is 1.39. The normalized spacial score (nSPS) is 13.6. The molecule has 0 fully saturated rings. The van der Waals surface area contributed by atoms with Crippen LogP contribution in [0.25, 0.3) is 0 Å². The first-order valence-corrected chi connectivity index (χ1v) is 6.73. The van der Waals surface area contributed by atoms with Gasteiger partial charge in [0.1, 0.15) is 17.7 Å². The van der Waals surface area contributed by atoms with Crippen LogP contribution in [0.4, 0.5) is 4.79 Å². The minimum absolute atomic E-state index is 0.0627. The number of aliphatic carboxylic acids is 1. The largest absolute Gasteiger partial charge is 0.480 e. The molecule has 0 radical (unpaired) electrons. The molecule has 0 rings (SSSR count). The molecule has 0 aliphatic carbocycles. The van der Waals surface area contributed by atoms with Crippen molar-refractivity contribution in [3.63, 3.8) is 0 Å². The topological polar surface area (TPSA) is 148 Å². The average Bonchev–Trinajstić information content (AvgIpc) is 2.31. The van der Waals surface area contributed by atoms with Crippen LogP contribution in [0.15, 0.2) is 0 Å². The average molecular weight is 317 g/mol. The van der Waals surface area contributed by atoms with Gasteiger partial charge in [-0.1, -0.05) is 0 Å². The van der Waals surface area contributed by atoms with Crippen LogP contribution in [0.1, 0.15) is 40.5 Å². The van der Waals surface area contributed by atoms with Crippen LogP contribution in [-0.2, 0) is 19.1 Å². The number of hydrogen-bond donors (Lipinski definition) is 4. The molecule has 0 unspecified atom stereocenters. The lowest BCUT2D eigenvalue weighted by Gasteiger charge is -2.22. The molecule has 0 saturated carbocycles. The van der Waals surface area contributed by atoms with Crippen LogP contribution < -0.4 is 16.4 Å². The number of carbonyl (C=O) groups excluding carboxylic acids is 3. The van der Waals surface area contributed by atoms with E-state index in [0.29, 0.717) is 0 Å². The number of hydrogen-bond acceptors (Lipinski definition) is 5. The van der Waals surface area contributed by atoms with Crippen molar-refractivity contribution in [1.29, 1.82) is 0 Å². The highest BCUT2D eigenvalue weighted by molar-refractivity contribution is 5.86. The van der Waals surface area contributed by atoms with Crippen molar-refractivity contribution in [2.24, 2.45) is 5.73 Å². The summed E-state index contributed by atoms with van der Waals surface area (Å²) in [5.41, 5.74) is 4.41. The van der Waals surface area contributed by atoms with Crippen molar-refractivity contribution in [3.05, 3.63) is 0 Å². The standard InChI is InChI=1S/C13H23N3O6/c1-7(11(19)20)15-9(17)6-5-8(10(14)18)16-12(21)22-13(2,3)4/h7-8H,5-6H2,1-4H3,(H2,14,18)(H,15,17)(H,16,21)(H,19,20)/t7-,8+/m1/s1. The highest BCUT2D eigenvalue weighted by atomic mass is 16.6. The van der Waals surface area contributed by atoms with Crippen molar-refractivity contribution in [2.75, 3.05) is 0 Å². The third-order valence-electron chi connectivity index (χ3n) is 2.44. The molecule has 0 aliphatic heterocycles. The maximum Gasteiger partial charge on any atom is 0.408 e. The van der Waals surface area contributed by atoms with Gasteiger partial charge in [0.25, 0.3) is 0 Å². The molecule has 0 bridgehead atoms. The summed E-state index contributed by atoms with van der Waals surface area (Å²) < 4.78 is 4.99. The van der Waals surface area contributed by atoms with Gasteiger partial charge in [-0.25, -0.2) is 4.79 Å². The molecule has 126 valence electrons. The summed E-state index contributed by atoms with van der Waals surface area (Å²) in [6.45, 7) is 6.29. The molecule has 0 saturated heterocycles. The maximum absolute atomic E-state index is 11.6. The number of nitrogens with two attached hydrogens (primary N) is 1. The molecule has 0 aromatic rings. The Labute approximate surface area is 128 Å². The van der Waals surface area contributed by atoms with Gasteiger partial charge in [0, 0.05) is 6.42 Å². The first-order valence-electron chi connectivity index (χ1n) is 6.73. The lowest BCUT2D eigenvalue weighted by molar-refractivity contribution is -0.141. The Morgan fingerprint density at radius 2 is 1.73 bits per heavy atom. The molecule has 9 nitrogen and oxygen atoms in total. The van der Waals surface area contributed by atoms with Crippen molar-refractivity contribution in [2.45, 2.75) is 58.2 Å². The quantitative estimate of drug-likeness (QED) is 0.508. The molecule has 0 aromatic heterocycles. The van der Waals surface area contributed by atoms with Crippen LogP contribution in [0.2, 0.25) is 0 Å². The Morgan fingerprint density at radius 1 is 1.18 bits per heavy atom. The number of carbonyl (C=O) groups is 4. The third kappa shape index (κ3) is 8.77. The second-order valence-corrected chi connectivity index (χ2v) is 5.77. The van der Waals surface area contributed by atoms with Crippen molar-refractivity contribution < 1.29 is 29.0 Å². The van der Waals surface area contributed by atoms with Crippen LogP contribution >= 0.6 is 0 Å². The van der Waals surface area contributed by atoms with E-state index in [2.05, 4.69) is 10.6 Å². The number of primary amides is 1. The fourth-order valence-electron chi connectivity index (χ4n) is 1.39. The molecule has 3 amide bonds. The third-order valence-corrected chi connectivity index (χ3v) is 2.44. The Balaban J connectivity index is 4.43. The smallest absolute Gasteiger partial charge is 0.408 e. The number of carboxylic acids is 1. The summed E-state index contributed by atoms with van der Waals surface area (Å²) in [4.78, 5) is 45.0. The molecule has 0 heterocycles. The molecule has 9 heteroatoms. The predicted octanol–water partition coefficient (Wildman–Crippen LogP) is -0.265. The van der Waals surface area contributed by atoms with E-state index in [4.69, 9.17) is 15.6 Å². The number of alkyl carbamates (subject to hydrolysis) is 1. The molecule has 22 heavy (non-hydrogen) atoms. The molecule has 2 atom stereocenters. The van der Waals surface area contributed by atoms with E-state index in [1.165, 1.54) is 6.92 Å². The number of rotatable bonds is 7. The summed E-state index contributed by atoms with van der Waals surface area (Å²) >= 11 is 0. The van der Waals surface area contributed by atoms with Gasteiger partial charge in [0.05, 0.1) is 0 Å². The van der Waals surface area contributed by atoms with Crippen molar-refractivity contribution in [3.8, 4) is 0 Å². The fraction of sp³-hybridized carbons (Fsp3) is 0.692. The van der Waals surface area contributed by atoms with E-state index in [1.54, 1.807) is 20.8 Å². The van der Waals surface area contributed by atoms with Gasteiger partial charge in [-0.05, 0) is 34.1 Å². The highest BCUT2D eigenvalue weighted by Gasteiger charge is 2.24. The van der Waals surface area contributed by atoms with Crippen molar-refractivity contribution in [1.82, 2.24) is 10.6 Å². The van der Waals surface area contributed by atoms with Gasteiger partial charge in [-0.15, -0.1) is 0 Å². The summed E-state index contributed by atoms with van der Waals surface area (Å²) in [6, 6.07) is -2.13. The zero-order chi connectivity index (χ0) is 17.5. The monoisotopic (exact) mass is 317 g/mol. The van der Waals surface area contributed by atoms with Crippen LogP contribution in [-0.4, -0.2) is 46.7 Å². The molecular weight excluding hydrogens is 294 g/mol. The highest BCUT2D eigenvalue weighted by Crippen LogP contribution is 2.07. The van der Waals surface area contributed by atoms with E-state index in [9.17, 15) is 19.2 Å². The SMILES string of the molecule is C[C@@H](NC(=O)CC[C@H](NC(=O)OC(C)(C)C)C(N)=O)C(=O)O. The first-order chi connectivity index (χ1) is 9.92. The van der Waals surface area contributed by atoms with Gasteiger partial charge in [0.15, 0.2) is 0 Å². The molecule has 0 spiro atoms. The van der Waals surface area contributed by atoms with Crippen LogP contribution in [0, 0.1) is 0 Å². The Morgan fingerprint density at radius 3 is 2.14 bits per heavy atom. The number of amides is 3. The maximum atomic E-state index is 11.6. The lowest BCUT2D eigenvalue weighted by atomic mass is 10.1. The van der Waals surface area contributed by atoms with E-state index >= 15 is 0 Å². The minimum Gasteiger partial charge on any atom is -0.480 e. The second-order valence-electron chi connectivity index (χ2n) is 5.77. The number of ether oxygens (including phenoxy) is 1. The van der Waals surface area contributed by atoms with Crippen LogP contribution in [0.5, 0.6) is 0 Å². The Hall–Kier alpha value is -2.32. The molecule has 5 N–H and O–H groups in total. The number of nitrogens with one attached hydrogen (secondary N) is 2. The summed E-state index contributed by atoms with van der Waals surface area (Å²) in [5.74, 6) is -2.55. The molecule has 0 aromatic carbocycles. The number of carboxylic acid groups (broad SMARTS) is 1. The van der Waals surface area contributed by atoms with E-state index < -0.39 is 41.6 Å². The van der Waals surface area contributed by atoms with Crippen LogP contribution in [0.3, 0.4) is 0 Å². The van der Waals surface area contributed by atoms with Gasteiger partial charge in [-0.2, -0.15) is 0 Å². The zero-order valence-corrected chi connectivity index (χ0v) is 13.1. The minimum atomic E-state index is -1.17. The Bertz CT molecular complexity index is 444. The van der Waals surface area contributed by atoms with Gasteiger partial charge in [-0.3, -0.25) is 14.4 Å². The summed E-state index contributed by atoms with van der Waals surface area (Å²) in [7, 11) is 0. The zero-order valence-electron chi connectivity index (χ0n) is 13.1. The summed E-state index contributed by atoms with van der Waals surface area (Å²) in [5, 5.41) is 13.2. The lowest BCUT2D eigenvalue weighted by Crippen LogP contribution is -2.47. The molecule has 0 aliphatic rings. The predicted molar refractivity (Wildman–Crippen MR) is 76.8 cm³/mol. The van der Waals surface area contributed by atoms with Crippen molar-refractivity contribution >= 4 is 23.9 Å².